The maximum atomic E-state index is 12.4. The fourth-order valence-corrected chi connectivity index (χ4v) is 3.08. The van der Waals surface area contributed by atoms with Gasteiger partial charge in [-0.25, -0.2) is 4.79 Å². The molecule has 2 heterocycles. The quantitative estimate of drug-likeness (QED) is 0.774. The predicted octanol–water partition coefficient (Wildman–Crippen LogP) is 0.0400. The summed E-state index contributed by atoms with van der Waals surface area (Å²) in [6, 6.07) is 5.87. The smallest absolute Gasteiger partial charge is 0.349 e. The number of methoxy groups -OCH3 is 2. The van der Waals surface area contributed by atoms with Gasteiger partial charge >= 0.3 is 5.69 Å². The Hall–Kier alpha value is -2.54. The van der Waals surface area contributed by atoms with E-state index in [0.29, 0.717) is 23.9 Å². The van der Waals surface area contributed by atoms with E-state index in [9.17, 15) is 4.79 Å². The fourth-order valence-electron chi connectivity index (χ4n) is 3.08. The van der Waals surface area contributed by atoms with Crippen molar-refractivity contribution in [2.24, 2.45) is 0 Å². The van der Waals surface area contributed by atoms with Crippen molar-refractivity contribution in [3.63, 3.8) is 0 Å². The number of benzene rings is 1. The number of aromatic nitrogens is 2. The average molecular weight is 345 g/mol. The Morgan fingerprint density at radius 1 is 1.20 bits per heavy atom. The summed E-state index contributed by atoms with van der Waals surface area (Å²) in [7, 11) is 7.42. The van der Waals surface area contributed by atoms with Gasteiger partial charge in [0, 0.05) is 18.2 Å². The van der Waals surface area contributed by atoms with Crippen LogP contribution in [0.15, 0.2) is 23.0 Å². The average Bonchev–Trinajstić information content (AvgIpc) is 2.60. The number of hydrogen-bond donors (Lipinski definition) is 2. The minimum absolute atomic E-state index is 0.224. The highest BCUT2D eigenvalue weighted by molar-refractivity contribution is 5.71. The van der Waals surface area contributed by atoms with Crippen LogP contribution in [0.3, 0.4) is 0 Å². The van der Waals surface area contributed by atoms with Gasteiger partial charge in [-0.2, -0.15) is 4.98 Å². The number of rotatable bonds is 6. The molecule has 0 aliphatic carbocycles. The van der Waals surface area contributed by atoms with Crippen LogP contribution in [-0.2, 0) is 13.0 Å². The molecule has 7 heteroatoms. The van der Waals surface area contributed by atoms with Crippen LogP contribution in [0, 0.1) is 0 Å². The number of fused-ring (bicyclic) bond motifs is 3. The number of likely N-dealkylation sites (N-methyl/N-ethyl adjacent to an activating group) is 1. The van der Waals surface area contributed by atoms with Gasteiger partial charge in [-0.05, 0) is 24.1 Å². The summed E-state index contributed by atoms with van der Waals surface area (Å²) in [5, 5.41) is 3.25. The lowest BCUT2D eigenvalue weighted by Gasteiger charge is -2.23. The highest BCUT2D eigenvalue weighted by atomic mass is 16.5. The van der Waals surface area contributed by atoms with Crippen molar-refractivity contribution in [3.05, 3.63) is 34.2 Å². The van der Waals surface area contributed by atoms with Gasteiger partial charge in [0.05, 0.1) is 47.1 Å². The Kier molecular flexibility index (Phi) is 4.94. The summed E-state index contributed by atoms with van der Waals surface area (Å²) in [6.07, 6.45) is 0.765. The molecule has 1 aromatic heterocycles. The highest BCUT2D eigenvalue weighted by Crippen LogP contribution is 2.38. The third-order valence-electron chi connectivity index (χ3n) is 4.43. The molecule has 1 aromatic carbocycles. The zero-order valence-electron chi connectivity index (χ0n) is 15.2. The first-order chi connectivity index (χ1) is 12.0. The molecule has 0 fully saturated rings. The maximum absolute atomic E-state index is 12.4. The van der Waals surface area contributed by atoms with Crippen LogP contribution in [0.4, 0.5) is 5.82 Å². The number of nitrogens with one attached hydrogen (secondary N) is 2. The summed E-state index contributed by atoms with van der Waals surface area (Å²) >= 11 is 0. The molecular formula is C18H25N4O3+. The minimum Gasteiger partial charge on any atom is -0.493 e. The van der Waals surface area contributed by atoms with E-state index in [4.69, 9.17) is 9.47 Å². The van der Waals surface area contributed by atoms with Crippen LogP contribution >= 0.6 is 0 Å². The van der Waals surface area contributed by atoms with Gasteiger partial charge in [-0.15, -0.1) is 0 Å². The Bertz CT molecular complexity index is 830. The Labute approximate surface area is 147 Å². The molecule has 0 saturated heterocycles. The third-order valence-corrected chi connectivity index (χ3v) is 4.43. The molecule has 2 N–H and O–H groups in total. The number of hydrogen-bond acceptors (Lipinski definition) is 5. The molecule has 0 saturated carbocycles. The van der Waals surface area contributed by atoms with Gasteiger partial charge in [0.2, 0.25) is 0 Å². The van der Waals surface area contributed by atoms with E-state index in [0.717, 1.165) is 36.3 Å². The molecule has 0 amide bonds. The summed E-state index contributed by atoms with van der Waals surface area (Å²) in [5.74, 6) is 1.98. The summed E-state index contributed by atoms with van der Waals surface area (Å²) in [5.41, 5.74) is 2.77. The lowest BCUT2D eigenvalue weighted by Crippen LogP contribution is -3.06. The Balaban J connectivity index is 2.02. The molecule has 1 aliphatic rings. The molecule has 7 nitrogen and oxygen atoms in total. The van der Waals surface area contributed by atoms with E-state index < -0.39 is 0 Å². The van der Waals surface area contributed by atoms with Gasteiger partial charge in [0.15, 0.2) is 11.5 Å². The van der Waals surface area contributed by atoms with Gasteiger partial charge in [0.1, 0.15) is 5.82 Å². The van der Waals surface area contributed by atoms with E-state index in [1.54, 1.807) is 18.8 Å². The largest absolute Gasteiger partial charge is 0.493 e. The third kappa shape index (κ3) is 3.46. The zero-order chi connectivity index (χ0) is 18.0. The molecular weight excluding hydrogens is 320 g/mol. The van der Waals surface area contributed by atoms with E-state index in [1.165, 1.54) is 4.90 Å². The molecule has 0 bridgehead atoms. The molecule has 0 unspecified atom stereocenters. The van der Waals surface area contributed by atoms with Crippen molar-refractivity contribution in [1.29, 1.82) is 0 Å². The molecule has 2 aromatic rings. The second-order valence-electron chi connectivity index (χ2n) is 6.46. The van der Waals surface area contributed by atoms with E-state index in [2.05, 4.69) is 24.4 Å². The summed E-state index contributed by atoms with van der Waals surface area (Å²) in [4.78, 5) is 17.9. The fraction of sp³-hybridized carbons (Fsp3) is 0.444. The van der Waals surface area contributed by atoms with Gasteiger partial charge in [-0.1, -0.05) is 0 Å². The van der Waals surface area contributed by atoms with Crippen LogP contribution in [-0.4, -0.2) is 51.0 Å². The maximum Gasteiger partial charge on any atom is 0.349 e. The predicted molar refractivity (Wildman–Crippen MR) is 96.9 cm³/mol. The first-order valence-corrected chi connectivity index (χ1v) is 8.43. The normalized spacial score (nSPS) is 12.5. The van der Waals surface area contributed by atoms with E-state index >= 15 is 0 Å². The number of nitrogens with zero attached hydrogens (tertiary/aromatic N) is 2. The lowest BCUT2D eigenvalue weighted by atomic mass is 9.97. The SMILES string of the molecule is COc1cc2c(cc1OC)-c1cc(NCC[NH+](C)C)nc(=O)n1CC2. The minimum atomic E-state index is -0.224. The van der Waals surface area contributed by atoms with Crippen LogP contribution in [0.1, 0.15) is 5.56 Å². The monoisotopic (exact) mass is 345 g/mol. The second kappa shape index (κ2) is 7.14. The van der Waals surface area contributed by atoms with Gasteiger partial charge in [0.25, 0.3) is 0 Å². The first kappa shape index (κ1) is 17.3. The topological polar surface area (TPSA) is 69.8 Å². The van der Waals surface area contributed by atoms with Crippen molar-refractivity contribution in [2.75, 3.05) is 46.7 Å². The van der Waals surface area contributed by atoms with Crippen molar-refractivity contribution in [2.45, 2.75) is 13.0 Å². The molecule has 0 radical (unpaired) electrons. The molecule has 0 spiro atoms. The number of anilines is 1. The van der Waals surface area contributed by atoms with Crippen molar-refractivity contribution in [1.82, 2.24) is 9.55 Å². The van der Waals surface area contributed by atoms with Crippen LogP contribution in [0.2, 0.25) is 0 Å². The summed E-state index contributed by atoms with van der Waals surface area (Å²) < 4.78 is 12.5. The van der Waals surface area contributed by atoms with Gasteiger partial charge in [-0.3, -0.25) is 4.57 Å². The standard InChI is InChI=1S/C18H24N4O3/c1-21(2)8-6-19-17-11-14-13-10-16(25-4)15(24-3)9-12(13)5-7-22(14)18(23)20-17/h9-11H,5-8H2,1-4H3,(H,19,20,23)/p+1. The van der Waals surface area contributed by atoms with Crippen LogP contribution in [0.25, 0.3) is 11.3 Å². The van der Waals surface area contributed by atoms with Crippen molar-refractivity contribution in [3.8, 4) is 22.8 Å². The zero-order valence-corrected chi connectivity index (χ0v) is 15.2. The number of quaternary nitrogens is 1. The molecule has 1 aliphatic heterocycles. The number of ether oxygens (including phenoxy) is 2. The molecule has 25 heavy (non-hydrogen) atoms. The Morgan fingerprint density at radius 3 is 2.60 bits per heavy atom. The number of aryl methyl sites for hydroxylation is 1. The van der Waals surface area contributed by atoms with Crippen LogP contribution < -0.4 is 25.4 Å². The first-order valence-electron chi connectivity index (χ1n) is 8.43. The second-order valence-corrected chi connectivity index (χ2v) is 6.46. The van der Waals surface area contributed by atoms with Crippen LogP contribution in [0.5, 0.6) is 11.5 Å². The lowest BCUT2D eigenvalue weighted by molar-refractivity contribution is -0.856. The van der Waals surface area contributed by atoms with Crippen molar-refractivity contribution >= 4 is 5.82 Å². The summed E-state index contributed by atoms with van der Waals surface area (Å²) in [6.45, 7) is 2.32. The van der Waals surface area contributed by atoms with E-state index in [1.807, 2.05) is 18.2 Å². The highest BCUT2D eigenvalue weighted by Gasteiger charge is 2.21. The van der Waals surface area contributed by atoms with E-state index in [-0.39, 0.29) is 5.69 Å². The van der Waals surface area contributed by atoms with Gasteiger partial charge < -0.3 is 19.7 Å². The Morgan fingerprint density at radius 2 is 1.92 bits per heavy atom. The van der Waals surface area contributed by atoms with Crippen molar-refractivity contribution < 1.29 is 14.4 Å². The molecule has 134 valence electrons. The molecule has 3 rings (SSSR count). The molecule has 0 atom stereocenters.